The summed E-state index contributed by atoms with van der Waals surface area (Å²) in [4.78, 5) is 2.44. The average molecular weight is 339 g/mol. The summed E-state index contributed by atoms with van der Waals surface area (Å²) in [7, 11) is 2.22. The minimum Gasteiger partial charge on any atom is -0.493 e. The zero-order valence-corrected chi connectivity index (χ0v) is 13.9. The molecule has 20 heavy (non-hydrogen) atoms. The van der Waals surface area contributed by atoms with Gasteiger partial charge in [-0.3, -0.25) is 0 Å². The lowest BCUT2D eigenvalue weighted by Gasteiger charge is -2.35. The predicted molar refractivity (Wildman–Crippen MR) is 85.3 cm³/mol. The molecular weight excluding hydrogens is 316 g/mol. The van der Waals surface area contributed by atoms with Gasteiger partial charge in [-0.1, -0.05) is 15.9 Å². The first kappa shape index (κ1) is 14.4. The Morgan fingerprint density at radius 3 is 3.10 bits per heavy atom. The third-order valence-electron chi connectivity index (χ3n) is 4.61. The predicted octanol–water partition coefficient (Wildman–Crippen LogP) is 2.96. The third-order valence-corrected chi connectivity index (χ3v) is 5.07. The second-order valence-corrected chi connectivity index (χ2v) is 7.00. The van der Waals surface area contributed by atoms with E-state index < -0.39 is 0 Å². The van der Waals surface area contributed by atoms with Gasteiger partial charge in [0.25, 0.3) is 0 Å². The molecular formula is C16H23BrN2O. The summed E-state index contributed by atoms with van der Waals surface area (Å²) in [6.07, 6.45) is 3.50. The van der Waals surface area contributed by atoms with E-state index in [9.17, 15) is 0 Å². The van der Waals surface area contributed by atoms with Gasteiger partial charge in [0.05, 0.1) is 6.61 Å². The van der Waals surface area contributed by atoms with Crippen molar-refractivity contribution in [2.75, 3.05) is 20.2 Å². The van der Waals surface area contributed by atoms with Crippen LogP contribution in [0.4, 0.5) is 0 Å². The molecule has 3 nitrogen and oxygen atoms in total. The molecule has 4 heteroatoms. The largest absolute Gasteiger partial charge is 0.493 e. The summed E-state index contributed by atoms with van der Waals surface area (Å²) in [6, 6.07) is 5.67. The Balaban J connectivity index is 1.64. The molecule has 1 N–H and O–H groups in total. The molecule has 0 aromatic heterocycles. The Bertz CT molecular complexity index is 492. The number of halogens is 1. The number of hydrogen-bond acceptors (Lipinski definition) is 3. The molecule has 1 aromatic carbocycles. The third kappa shape index (κ3) is 3.02. The summed E-state index contributed by atoms with van der Waals surface area (Å²) >= 11 is 3.61. The van der Waals surface area contributed by atoms with E-state index in [0.717, 1.165) is 29.8 Å². The van der Waals surface area contributed by atoms with Crippen LogP contribution in [0, 0.1) is 0 Å². The van der Waals surface area contributed by atoms with Gasteiger partial charge >= 0.3 is 0 Å². The molecule has 2 aliphatic rings. The minimum absolute atomic E-state index is 0.622. The lowest BCUT2D eigenvalue weighted by atomic mass is 9.98. The van der Waals surface area contributed by atoms with Crippen molar-refractivity contribution >= 4 is 15.9 Å². The van der Waals surface area contributed by atoms with E-state index >= 15 is 0 Å². The van der Waals surface area contributed by atoms with Crippen LogP contribution >= 0.6 is 15.9 Å². The Labute approximate surface area is 129 Å². The zero-order valence-electron chi connectivity index (χ0n) is 12.3. The Morgan fingerprint density at radius 2 is 2.30 bits per heavy atom. The number of ether oxygens (including phenoxy) is 1. The number of nitrogens with zero attached hydrogens (tertiary/aromatic N) is 1. The lowest BCUT2D eigenvalue weighted by molar-refractivity contribution is 0.168. The first-order valence-electron chi connectivity index (χ1n) is 7.51. The Hall–Kier alpha value is -0.580. The van der Waals surface area contributed by atoms with Gasteiger partial charge in [0.1, 0.15) is 5.75 Å². The monoisotopic (exact) mass is 338 g/mol. The van der Waals surface area contributed by atoms with Crippen LogP contribution in [0.15, 0.2) is 16.6 Å². The first-order chi connectivity index (χ1) is 9.63. The van der Waals surface area contributed by atoms with Crippen LogP contribution in [0.5, 0.6) is 5.75 Å². The van der Waals surface area contributed by atoms with E-state index in [4.69, 9.17) is 4.74 Å². The number of likely N-dealkylation sites (tertiary alicyclic amines) is 1. The maximum atomic E-state index is 5.79. The van der Waals surface area contributed by atoms with Crippen molar-refractivity contribution in [1.29, 1.82) is 0 Å². The number of nitrogens with one attached hydrogen (secondary N) is 1. The van der Waals surface area contributed by atoms with Crippen LogP contribution in [-0.4, -0.2) is 37.2 Å². The Kier molecular flexibility index (Phi) is 4.34. The topological polar surface area (TPSA) is 24.5 Å². The Morgan fingerprint density at radius 1 is 1.45 bits per heavy atom. The van der Waals surface area contributed by atoms with Crippen LogP contribution in [0.25, 0.3) is 0 Å². The summed E-state index contributed by atoms with van der Waals surface area (Å²) in [5.74, 6) is 1.11. The molecule has 1 saturated heterocycles. The fourth-order valence-corrected chi connectivity index (χ4v) is 3.76. The highest BCUT2D eigenvalue weighted by molar-refractivity contribution is 9.10. The highest BCUT2D eigenvalue weighted by atomic mass is 79.9. The number of rotatable bonds is 3. The van der Waals surface area contributed by atoms with E-state index in [1.165, 1.54) is 30.5 Å². The van der Waals surface area contributed by atoms with Crippen molar-refractivity contribution in [1.82, 2.24) is 10.2 Å². The van der Waals surface area contributed by atoms with E-state index in [0.29, 0.717) is 12.1 Å². The van der Waals surface area contributed by atoms with E-state index in [1.54, 1.807) is 0 Å². The molecule has 110 valence electrons. The highest BCUT2D eigenvalue weighted by Gasteiger charge is 2.23. The lowest BCUT2D eigenvalue weighted by Crippen LogP contribution is -2.45. The first-order valence-corrected chi connectivity index (χ1v) is 8.30. The van der Waals surface area contributed by atoms with Gasteiger partial charge in [-0.05, 0) is 51.1 Å². The second-order valence-electron chi connectivity index (χ2n) is 6.08. The molecule has 0 spiro atoms. The van der Waals surface area contributed by atoms with E-state index in [-0.39, 0.29) is 0 Å². The molecule has 2 unspecified atom stereocenters. The van der Waals surface area contributed by atoms with Crippen LogP contribution in [-0.2, 0) is 13.0 Å². The fraction of sp³-hybridized carbons (Fsp3) is 0.625. The maximum absolute atomic E-state index is 5.79. The number of piperidine rings is 1. The second kappa shape index (κ2) is 6.04. The molecule has 0 bridgehead atoms. The normalized spacial score (nSPS) is 26.4. The molecule has 0 saturated carbocycles. The minimum atomic E-state index is 0.622. The van der Waals surface area contributed by atoms with Gasteiger partial charge in [-0.2, -0.15) is 0 Å². The van der Waals surface area contributed by atoms with Crippen molar-refractivity contribution in [2.45, 2.75) is 44.8 Å². The van der Waals surface area contributed by atoms with E-state index in [2.05, 4.69) is 52.3 Å². The van der Waals surface area contributed by atoms with Crippen molar-refractivity contribution in [3.05, 3.63) is 27.7 Å². The summed E-state index contributed by atoms with van der Waals surface area (Å²) in [5.41, 5.74) is 2.63. The average Bonchev–Trinajstić information content (AvgIpc) is 2.88. The van der Waals surface area contributed by atoms with Crippen LogP contribution in [0.2, 0.25) is 0 Å². The van der Waals surface area contributed by atoms with Crippen LogP contribution < -0.4 is 10.1 Å². The summed E-state index contributed by atoms with van der Waals surface area (Å²) < 4.78 is 6.96. The summed E-state index contributed by atoms with van der Waals surface area (Å²) in [6.45, 7) is 5.23. The van der Waals surface area contributed by atoms with Gasteiger partial charge in [0.15, 0.2) is 0 Å². The molecule has 3 rings (SSSR count). The van der Waals surface area contributed by atoms with Crippen molar-refractivity contribution in [3.8, 4) is 5.75 Å². The van der Waals surface area contributed by atoms with Crippen molar-refractivity contribution in [3.63, 3.8) is 0 Å². The van der Waals surface area contributed by atoms with Crippen LogP contribution in [0.3, 0.4) is 0 Å². The molecule has 1 aromatic rings. The maximum Gasteiger partial charge on any atom is 0.127 e. The van der Waals surface area contributed by atoms with Gasteiger partial charge < -0.3 is 15.0 Å². The standard InChI is InChI=1S/C16H23BrN2O/c1-11-7-15(3-5-19(11)2)18-10-13-9-14(17)8-12-4-6-20-16(12)13/h8-9,11,15,18H,3-7,10H2,1-2H3. The molecule has 2 heterocycles. The van der Waals surface area contributed by atoms with Gasteiger partial charge in [-0.25, -0.2) is 0 Å². The fourth-order valence-electron chi connectivity index (χ4n) is 3.21. The smallest absolute Gasteiger partial charge is 0.127 e. The highest BCUT2D eigenvalue weighted by Crippen LogP contribution is 2.33. The number of benzene rings is 1. The number of fused-ring (bicyclic) bond motifs is 1. The van der Waals surface area contributed by atoms with E-state index in [1.807, 2.05) is 0 Å². The number of hydrogen-bond donors (Lipinski definition) is 1. The van der Waals surface area contributed by atoms with Crippen molar-refractivity contribution in [2.24, 2.45) is 0 Å². The summed E-state index contributed by atoms with van der Waals surface area (Å²) in [5, 5.41) is 3.72. The van der Waals surface area contributed by atoms with Gasteiger partial charge in [0, 0.05) is 35.1 Å². The quantitative estimate of drug-likeness (QED) is 0.916. The molecule has 0 aliphatic carbocycles. The van der Waals surface area contributed by atoms with Crippen LogP contribution in [0.1, 0.15) is 30.9 Å². The van der Waals surface area contributed by atoms with Crippen molar-refractivity contribution < 1.29 is 4.74 Å². The molecule has 0 radical (unpaired) electrons. The van der Waals surface area contributed by atoms with Gasteiger partial charge in [0.2, 0.25) is 0 Å². The molecule has 2 atom stereocenters. The SMILES string of the molecule is CC1CC(NCc2cc(Br)cc3c2OCC3)CCN1C. The molecule has 0 amide bonds. The molecule has 1 fully saturated rings. The molecule has 2 aliphatic heterocycles. The van der Waals surface area contributed by atoms with Gasteiger partial charge in [-0.15, -0.1) is 0 Å². The zero-order chi connectivity index (χ0) is 14.1.